The van der Waals surface area contributed by atoms with Gasteiger partial charge in [-0.25, -0.2) is 12.7 Å². The maximum absolute atomic E-state index is 12.0. The largest absolute Gasteiger partial charge is 0.351 e. The average molecular weight is 464 g/mol. The van der Waals surface area contributed by atoms with Crippen molar-refractivity contribution in [3.63, 3.8) is 0 Å². The average Bonchev–Trinajstić information content (AvgIpc) is 2.54. The zero-order valence-electron chi connectivity index (χ0n) is 14.4. The van der Waals surface area contributed by atoms with Crippen molar-refractivity contribution in [2.24, 2.45) is 0 Å². The van der Waals surface area contributed by atoms with E-state index < -0.39 is 10.0 Å². The Kier molecular flexibility index (Phi) is 7.93. The lowest BCUT2D eigenvalue weighted by atomic mass is 10.1. The van der Waals surface area contributed by atoms with Crippen LogP contribution < -0.4 is 10.6 Å². The summed E-state index contributed by atoms with van der Waals surface area (Å²) in [5.74, 6) is -0.0473. The summed E-state index contributed by atoms with van der Waals surface area (Å²) < 4.78 is 25.5. The number of halogens is 1. The molecule has 0 spiro atoms. The molecule has 1 aliphatic rings. The van der Waals surface area contributed by atoms with E-state index in [1.54, 1.807) is 12.1 Å². The van der Waals surface area contributed by atoms with Gasteiger partial charge in [0.1, 0.15) is 0 Å². The summed E-state index contributed by atoms with van der Waals surface area (Å²) in [6.07, 6.45) is 2.66. The zero-order chi connectivity index (χ0) is 19.2. The first-order chi connectivity index (χ1) is 12.2. The summed E-state index contributed by atoms with van der Waals surface area (Å²) >= 11 is 4.56. The topological polar surface area (TPSA) is 95.6 Å². The molecule has 1 atom stereocenters. The Bertz CT molecular complexity index is 758. The van der Waals surface area contributed by atoms with E-state index in [0.717, 1.165) is 17.3 Å². The summed E-state index contributed by atoms with van der Waals surface area (Å²) in [5, 5.41) is 5.61. The van der Waals surface area contributed by atoms with Crippen LogP contribution >= 0.6 is 27.7 Å². The first-order valence-corrected chi connectivity index (χ1v) is 11.9. The van der Waals surface area contributed by atoms with E-state index in [1.807, 2.05) is 12.1 Å². The fraction of sp³-hybridized carbons (Fsp3) is 0.500. The number of nitrogens with one attached hydrogen (secondary N) is 2. The number of thioether (sulfide) groups is 1. The zero-order valence-corrected chi connectivity index (χ0v) is 17.6. The summed E-state index contributed by atoms with van der Waals surface area (Å²) in [6.45, 7) is 0.800. The molecule has 144 valence electrons. The summed E-state index contributed by atoms with van der Waals surface area (Å²) in [4.78, 5) is 23.9. The summed E-state index contributed by atoms with van der Waals surface area (Å²) in [6, 6.07) is 7.10. The quantitative estimate of drug-likeness (QED) is 0.640. The number of carbonyl (C=O) groups excluding carboxylic acids is 2. The number of benzene rings is 1. The highest BCUT2D eigenvalue weighted by molar-refractivity contribution is 9.10. The highest BCUT2D eigenvalue weighted by Gasteiger charge is 2.26. The predicted molar refractivity (Wildman–Crippen MR) is 108 cm³/mol. The number of nitrogens with zero attached hydrogens (tertiary/aromatic N) is 1. The van der Waals surface area contributed by atoms with Gasteiger partial charge in [0.15, 0.2) is 0 Å². The Balaban J connectivity index is 1.69. The number of hydrogen-bond donors (Lipinski definition) is 2. The van der Waals surface area contributed by atoms with Gasteiger partial charge in [0.2, 0.25) is 21.8 Å². The minimum absolute atomic E-state index is 0.154. The van der Waals surface area contributed by atoms with Crippen LogP contribution in [0, 0.1) is 0 Å². The van der Waals surface area contributed by atoms with E-state index in [4.69, 9.17) is 0 Å². The van der Waals surface area contributed by atoms with Crippen LogP contribution in [-0.2, 0) is 19.6 Å². The van der Waals surface area contributed by atoms with Crippen molar-refractivity contribution in [2.75, 3.05) is 36.2 Å². The molecule has 1 aromatic rings. The van der Waals surface area contributed by atoms with E-state index in [-0.39, 0.29) is 29.4 Å². The molecule has 1 aromatic carbocycles. The van der Waals surface area contributed by atoms with E-state index in [2.05, 4.69) is 26.6 Å². The molecule has 0 aliphatic carbocycles. The highest BCUT2D eigenvalue weighted by atomic mass is 79.9. The standard InChI is InChI=1S/C16H22BrN3O4S2/c1-26(23,24)20-7-3-6-14(9-20)19-16(22)11-25-10-15(21)18-13-5-2-4-12(17)8-13/h2,4-5,8,14H,3,6-7,9-11H2,1H3,(H,18,21)(H,19,22). The number of sulfonamides is 1. The van der Waals surface area contributed by atoms with Crippen molar-refractivity contribution < 1.29 is 18.0 Å². The highest BCUT2D eigenvalue weighted by Crippen LogP contribution is 2.16. The number of anilines is 1. The number of amides is 2. The molecule has 26 heavy (non-hydrogen) atoms. The lowest BCUT2D eigenvalue weighted by Crippen LogP contribution is -2.49. The molecule has 0 saturated carbocycles. The molecule has 0 aromatic heterocycles. The molecular weight excluding hydrogens is 442 g/mol. The van der Waals surface area contributed by atoms with E-state index >= 15 is 0 Å². The van der Waals surface area contributed by atoms with Crippen LogP contribution in [0.2, 0.25) is 0 Å². The maximum atomic E-state index is 12.0. The molecule has 2 amide bonds. The summed E-state index contributed by atoms with van der Waals surface area (Å²) in [7, 11) is -3.24. The fourth-order valence-electron chi connectivity index (χ4n) is 2.63. The Hall–Kier alpha value is -1.10. The normalized spacial score (nSPS) is 18.3. The number of carbonyl (C=O) groups is 2. The molecule has 2 rings (SSSR count). The van der Waals surface area contributed by atoms with Crippen molar-refractivity contribution in [3.05, 3.63) is 28.7 Å². The fourth-order valence-corrected chi connectivity index (χ4v) is 4.57. The molecular formula is C16H22BrN3O4S2. The third kappa shape index (κ3) is 7.26. The summed E-state index contributed by atoms with van der Waals surface area (Å²) in [5.41, 5.74) is 0.692. The van der Waals surface area contributed by atoms with Gasteiger partial charge in [-0.05, 0) is 31.0 Å². The predicted octanol–water partition coefficient (Wildman–Crippen LogP) is 1.66. The van der Waals surface area contributed by atoms with Crippen molar-refractivity contribution in [1.29, 1.82) is 0 Å². The Labute approximate surface area is 166 Å². The van der Waals surface area contributed by atoms with Crippen LogP contribution in [0.25, 0.3) is 0 Å². The lowest BCUT2D eigenvalue weighted by molar-refractivity contribution is -0.119. The van der Waals surface area contributed by atoms with Gasteiger partial charge in [-0.1, -0.05) is 22.0 Å². The smallest absolute Gasteiger partial charge is 0.234 e. The van der Waals surface area contributed by atoms with E-state index in [0.29, 0.717) is 18.8 Å². The SMILES string of the molecule is CS(=O)(=O)N1CCCC(NC(=O)CSCC(=O)Nc2cccc(Br)c2)C1. The molecule has 1 aliphatic heterocycles. The second kappa shape index (κ2) is 9.72. The van der Waals surface area contributed by atoms with Crippen molar-refractivity contribution in [2.45, 2.75) is 18.9 Å². The minimum atomic E-state index is -3.24. The van der Waals surface area contributed by atoms with Crippen molar-refractivity contribution in [1.82, 2.24) is 9.62 Å². The first kappa shape index (κ1) is 21.2. The number of hydrogen-bond acceptors (Lipinski definition) is 5. The van der Waals surface area contributed by atoms with Crippen LogP contribution in [0.5, 0.6) is 0 Å². The Morgan fingerprint density at radius 1 is 1.31 bits per heavy atom. The maximum Gasteiger partial charge on any atom is 0.234 e. The second-order valence-corrected chi connectivity index (χ2v) is 9.96. The third-order valence-corrected chi connectivity index (χ3v) is 6.49. The van der Waals surface area contributed by atoms with Gasteiger partial charge < -0.3 is 10.6 Å². The van der Waals surface area contributed by atoms with Gasteiger partial charge in [-0.15, -0.1) is 11.8 Å². The Morgan fingerprint density at radius 3 is 2.73 bits per heavy atom. The molecule has 1 saturated heterocycles. The minimum Gasteiger partial charge on any atom is -0.351 e. The molecule has 1 fully saturated rings. The molecule has 2 N–H and O–H groups in total. The van der Waals surface area contributed by atoms with Gasteiger partial charge in [-0.2, -0.15) is 0 Å². The molecule has 1 heterocycles. The van der Waals surface area contributed by atoms with Crippen LogP contribution in [0.3, 0.4) is 0 Å². The van der Waals surface area contributed by atoms with Crippen molar-refractivity contribution in [3.8, 4) is 0 Å². The van der Waals surface area contributed by atoms with Crippen LogP contribution in [-0.4, -0.2) is 61.4 Å². The van der Waals surface area contributed by atoms with Gasteiger partial charge in [0.25, 0.3) is 0 Å². The molecule has 0 radical (unpaired) electrons. The van der Waals surface area contributed by atoms with Crippen LogP contribution in [0.1, 0.15) is 12.8 Å². The molecule has 10 heteroatoms. The monoisotopic (exact) mass is 463 g/mol. The second-order valence-electron chi connectivity index (χ2n) is 6.08. The lowest BCUT2D eigenvalue weighted by Gasteiger charge is -2.31. The van der Waals surface area contributed by atoms with E-state index in [9.17, 15) is 18.0 Å². The van der Waals surface area contributed by atoms with Gasteiger partial charge in [0.05, 0.1) is 17.8 Å². The van der Waals surface area contributed by atoms with Gasteiger partial charge >= 0.3 is 0 Å². The van der Waals surface area contributed by atoms with Gasteiger partial charge in [-0.3, -0.25) is 9.59 Å². The third-order valence-electron chi connectivity index (χ3n) is 3.79. The number of rotatable bonds is 7. The molecule has 0 bridgehead atoms. The molecule has 1 unspecified atom stereocenters. The first-order valence-electron chi connectivity index (χ1n) is 8.11. The van der Waals surface area contributed by atoms with Crippen molar-refractivity contribution >= 4 is 55.2 Å². The number of piperidine rings is 1. The van der Waals surface area contributed by atoms with Gasteiger partial charge in [0, 0.05) is 29.3 Å². The van der Waals surface area contributed by atoms with Crippen LogP contribution in [0.15, 0.2) is 28.7 Å². The Morgan fingerprint density at radius 2 is 2.04 bits per heavy atom. The van der Waals surface area contributed by atoms with E-state index in [1.165, 1.54) is 22.3 Å². The van der Waals surface area contributed by atoms with Crippen LogP contribution in [0.4, 0.5) is 5.69 Å². The molecule has 7 nitrogen and oxygen atoms in total.